The van der Waals surface area contributed by atoms with E-state index < -0.39 is 0 Å². The highest BCUT2D eigenvalue weighted by atomic mass is 32.1. The summed E-state index contributed by atoms with van der Waals surface area (Å²) in [5, 5.41) is 4.45. The molecule has 2 aromatic heterocycles. The SMILES string of the molecule is CCOC[C@]1(CCc2ccsc2)CCN(Cc2ccc(C)nc2)C1. The second-order valence-electron chi connectivity index (χ2n) is 7.04. The molecule has 3 heterocycles. The van der Waals surface area contributed by atoms with Gasteiger partial charge in [0, 0.05) is 37.0 Å². The molecule has 130 valence electrons. The Hall–Kier alpha value is -1.23. The van der Waals surface area contributed by atoms with Gasteiger partial charge in [-0.2, -0.15) is 11.3 Å². The Labute approximate surface area is 149 Å². The lowest BCUT2D eigenvalue weighted by Gasteiger charge is -2.29. The molecule has 0 radical (unpaired) electrons. The first-order valence-corrected chi connectivity index (χ1v) is 9.86. The molecule has 3 rings (SSSR count). The second-order valence-corrected chi connectivity index (χ2v) is 7.82. The van der Waals surface area contributed by atoms with Gasteiger partial charge in [-0.15, -0.1) is 0 Å². The number of aryl methyl sites for hydroxylation is 2. The summed E-state index contributed by atoms with van der Waals surface area (Å²) in [7, 11) is 0. The van der Waals surface area contributed by atoms with E-state index in [-0.39, 0.29) is 0 Å². The Morgan fingerprint density at radius 3 is 2.92 bits per heavy atom. The highest BCUT2D eigenvalue weighted by molar-refractivity contribution is 7.07. The normalized spacial score (nSPS) is 21.4. The van der Waals surface area contributed by atoms with Crippen LogP contribution in [0.3, 0.4) is 0 Å². The predicted octanol–water partition coefficient (Wildman–Crippen LogP) is 4.31. The molecule has 1 aliphatic heterocycles. The highest BCUT2D eigenvalue weighted by Gasteiger charge is 2.37. The van der Waals surface area contributed by atoms with Crippen molar-refractivity contribution in [2.45, 2.75) is 39.7 Å². The van der Waals surface area contributed by atoms with Crippen LogP contribution >= 0.6 is 11.3 Å². The molecule has 0 amide bonds. The summed E-state index contributed by atoms with van der Waals surface area (Å²) in [4.78, 5) is 7.00. The first-order valence-electron chi connectivity index (χ1n) is 8.92. The molecule has 24 heavy (non-hydrogen) atoms. The molecular weight excluding hydrogens is 316 g/mol. The summed E-state index contributed by atoms with van der Waals surface area (Å²) >= 11 is 1.79. The molecule has 3 nitrogen and oxygen atoms in total. The van der Waals surface area contributed by atoms with E-state index in [4.69, 9.17) is 4.74 Å². The zero-order valence-corrected chi connectivity index (χ0v) is 15.6. The molecule has 0 aromatic carbocycles. The van der Waals surface area contributed by atoms with Gasteiger partial charge in [-0.05, 0) is 73.7 Å². The van der Waals surface area contributed by atoms with Gasteiger partial charge in [0.25, 0.3) is 0 Å². The summed E-state index contributed by atoms with van der Waals surface area (Å²) in [5.41, 5.74) is 4.17. The van der Waals surface area contributed by atoms with Crippen LogP contribution in [0, 0.1) is 12.3 Å². The van der Waals surface area contributed by atoms with Crippen LogP contribution in [0.5, 0.6) is 0 Å². The smallest absolute Gasteiger partial charge is 0.0535 e. The van der Waals surface area contributed by atoms with E-state index in [0.29, 0.717) is 5.41 Å². The Bertz CT molecular complexity index is 611. The third-order valence-electron chi connectivity index (χ3n) is 5.03. The number of pyridine rings is 1. The standard InChI is InChI=1S/C20H28N2OS/c1-3-23-16-20(8-6-18-7-11-24-14-18)9-10-22(15-20)13-19-5-4-17(2)21-12-19/h4-5,7,11-12,14H,3,6,8-10,13,15-16H2,1-2H3/t20-/m1/s1. The number of ether oxygens (including phenoxy) is 1. The largest absolute Gasteiger partial charge is 0.381 e. The van der Waals surface area contributed by atoms with Crippen molar-refractivity contribution < 1.29 is 4.74 Å². The van der Waals surface area contributed by atoms with E-state index in [9.17, 15) is 0 Å². The van der Waals surface area contributed by atoms with Gasteiger partial charge in [-0.3, -0.25) is 9.88 Å². The lowest BCUT2D eigenvalue weighted by Crippen LogP contribution is -2.32. The summed E-state index contributed by atoms with van der Waals surface area (Å²) in [6.45, 7) is 9.11. The predicted molar refractivity (Wildman–Crippen MR) is 100 cm³/mol. The van der Waals surface area contributed by atoms with Crippen LogP contribution in [0.4, 0.5) is 0 Å². The van der Waals surface area contributed by atoms with Crippen molar-refractivity contribution in [3.8, 4) is 0 Å². The average Bonchev–Trinajstić information content (AvgIpc) is 3.24. The minimum Gasteiger partial charge on any atom is -0.381 e. The molecule has 1 saturated heterocycles. The van der Waals surface area contributed by atoms with Crippen molar-refractivity contribution in [3.05, 3.63) is 52.0 Å². The number of nitrogens with zero attached hydrogens (tertiary/aromatic N) is 2. The van der Waals surface area contributed by atoms with Gasteiger partial charge in [0.1, 0.15) is 0 Å². The molecule has 0 spiro atoms. The van der Waals surface area contributed by atoms with Gasteiger partial charge < -0.3 is 4.74 Å². The summed E-state index contributed by atoms with van der Waals surface area (Å²) in [6.07, 6.45) is 5.63. The fourth-order valence-corrected chi connectivity index (χ4v) is 4.27. The van der Waals surface area contributed by atoms with Crippen LogP contribution in [-0.4, -0.2) is 36.2 Å². The first-order chi connectivity index (χ1) is 11.7. The van der Waals surface area contributed by atoms with E-state index in [1.165, 1.54) is 24.0 Å². The zero-order chi connectivity index (χ0) is 16.8. The van der Waals surface area contributed by atoms with Crippen LogP contribution in [0.1, 0.15) is 36.6 Å². The molecular formula is C20H28N2OS. The van der Waals surface area contributed by atoms with Crippen LogP contribution in [0.25, 0.3) is 0 Å². The van der Waals surface area contributed by atoms with Crippen molar-refractivity contribution in [1.82, 2.24) is 9.88 Å². The Morgan fingerprint density at radius 2 is 2.21 bits per heavy atom. The molecule has 4 heteroatoms. The fraction of sp³-hybridized carbons (Fsp3) is 0.550. The van der Waals surface area contributed by atoms with Crippen LogP contribution in [0.15, 0.2) is 35.2 Å². The zero-order valence-electron chi connectivity index (χ0n) is 14.8. The maximum absolute atomic E-state index is 5.87. The van der Waals surface area contributed by atoms with E-state index in [1.807, 2.05) is 13.1 Å². The van der Waals surface area contributed by atoms with E-state index in [0.717, 1.165) is 45.0 Å². The molecule has 0 aliphatic carbocycles. The molecule has 0 N–H and O–H groups in total. The van der Waals surface area contributed by atoms with E-state index in [1.54, 1.807) is 11.3 Å². The molecule has 1 aliphatic rings. The number of likely N-dealkylation sites (tertiary alicyclic amines) is 1. The van der Waals surface area contributed by atoms with E-state index >= 15 is 0 Å². The third-order valence-corrected chi connectivity index (χ3v) is 5.76. The summed E-state index contributed by atoms with van der Waals surface area (Å²) in [5.74, 6) is 0. The van der Waals surface area contributed by atoms with Gasteiger partial charge in [-0.1, -0.05) is 6.07 Å². The number of thiophene rings is 1. The summed E-state index contributed by atoms with van der Waals surface area (Å²) in [6, 6.07) is 6.56. The van der Waals surface area contributed by atoms with Gasteiger partial charge >= 0.3 is 0 Å². The van der Waals surface area contributed by atoms with Crippen LogP contribution < -0.4 is 0 Å². The van der Waals surface area contributed by atoms with Gasteiger partial charge in [0.15, 0.2) is 0 Å². The monoisotopic (exact) mass is 344 g/mol. The molecule has 1 atom stereocenters. The van der Waals surface area contributed by atoms with Gasteiger partial charge in [0.05, 0.1) is 6.61 Å². The highest BCUT2D eigenvalue weighted by Crippen LogP contribution is 2.36. The minimum absolute atomic E-state index is 0.302. The molecule has 0 saturated carbocycles. The number of hydrogen-bond donors (Lipinski definition) is 0. The molecule has 2 aromatic rings. The Morgan fingerprint density at radius 1 is 1.29 bits per heavy atom. The first kappa shape index (κ1) is 17.6. The van der Waals surface area contributed by atoms with Gasteiger partial charge in [-0.25, -0.2) is 0 Å². The maximum atomic E-state index is 5.87. The quantitative estimate of drug-likeness (QED) is 0.713. The number of aromatic nitrogens is 1. The van der Waals surface area contributed by atoms with Crippen molar-refractivity contribution in [1.29, 1.82) is 0 Å². The Balaban J connectivity index is 1.60. The van der Waals surface area contributed by atoms with Crippen molar-refractivity contribution in [2.75, 3.05) is 26.3 Å². The average molecular weight is 345 g/mol. The van der Waals surface area contributed by atoms with Gasteiger partial charge in [0.2, 0.25) is 0 Å². The molecule has 1 fully saturated rings. The fourth-order valence-electron chi connectivity index (χ4n) is 3.57. The van der Waals surface area contributed by atoms with Crippen LogP contribution in [0.2, 0.25) is 0 Å². The lowest BCUT2D eigenvalue weighted by atomic mass is 9.82. The second kappa shape index (κ2) is 8.24. The number of rotatable bonds is 8. The van der Waals surface area contributed by atoms with Crippen molar-refractivity contribution >= 4 is 11.3 Å². The maximum Gasteiger partial charge on any atom is 0.0535 e. The molecule has 0 unspecified atom stereocenters. The minimum atomic E-state index is 0.302. The summed E-state index contributed by atoms with van der Waals surface area (Å²) < 4.78 is 5.87. The lowest BCUT2D eigenvalue weighted by molar-refractivity contribution is 0.0489. The Kier molecular flexibility index (Phi) is 6.04. The van der Waals surface area contributed by atoms with E-state index in [2.05, 4.69) is 45.8 Å². The number of hydrogen-bond acceptors (Lipinski definition) is 4. The van der Waals surface area contributed by atoms with Crippen LogP contribution in [-0.2, 0) is 17.7 Å². The molecule has 0 bridgehead atoms. The van der Waals surface area contributed by atoms with Crippen molar-refractivity contribution in [2.24, 2.45) is 5.41 Å². The topological polar surface area (TPSA) is 25.4 Å². The third kappa shape index (κ3) is 4.65. The van der Waals surface area contributed by atoms with Crippen molar-refractivity contribution in [3.63, 3.8) is 0 Å².